The second-order valence-electron chi connectivity index (χ2n) is 7.38. The van der Waals surface area contributed by atoms with E-state index in [4.69, 9.17) is 4.74 Å². The number of unbranched alkanes of at least 4 members (excludes halogenated alkanes) is 1. The highest BCUT2D eigenvalue weighted by Gasteiger charge is 2.26. The van der Waals surface area contributed by atoms with Crippen LogP contribution in [0.5, 0.6) is 0 Å². The van der Waals surface area contributed by atoms with Gasteiger partial charge in [0.15, 0.2) is 5.96 Å². The van der Waals surface area contributed by atoms with Gasteiger partial charge >= 0.3 is 0 Å². The summed E-state index contributed by atoms with van der Waals surface area (Å²) in [5, 5.41) is 3.55. The van der Waals surface area contributed by atoms with E-state index in [0.717, 1.165) is 63.7 Å². The Hall–Kier alpha value is -0.810. The van der Waals surface area contributed by atoms with E-state index >= 15 is 0 Å². The van der Waals surface area contributed by atoms with Gasteiger partial charge in [-0.3, -0.25) is 9.89 Å². The van der Waals surface area contributed by atoms with Crippen LogP contribution in [0.3, 0.4) is 0 Å². The molecule has 1 N–H and O–H groups in total. The van der Waals surface area contributed by atoms with Gasteiger partial charge in [-0.05, 0) is 24.7 Å². The maximum Gasteiger partial charge on any atom is 0.193 e. The van der Waals surface area contributed by atoms with Crippen LogP contribution in [-0.2, 0) is 4.74 Å². The molecule has 1 atom stereocenters. The maximum atomic E-state index is 5.44. The molecule has 134 valence electrons. The standard InChI is InChI=1S/C18H36N4O/c1-16(2)6-4-5-8-20-18(19-3)22-9-7-17(15-22)14-21-10-12-23-13-11-21/h16-17H,4-15H2,1-3H3,(H,19,20). The molecule has 0 bridgehead atoms. The molecule has 2 aliphatic rings. The van der Waals surface area contributed by atoms with Gasteiger partial charge in [0.1, 0.15) is 0 Å². The normalized spacial score (nSPS) is 23.7. The van der Waals surface area contributed by atoms with Crippen molar-refractivity contribution in [1.82, 2.24) is 15.1 Å². The lowest BCUT2D eigenvalue weighted by molar-refractivity contribution is 0.0315. The third-order valence-corrected chi connectivity index (χ3v) is 4.91. The number of likely N-dealkylation sites (tertiary alicyclic amines) is 1. The summed E-state index contributed by atoms with van der Waals surface area (Å²) in [4.78, 5) is 9.48. The number of hydrogen-bond acceptors (Lipinski definition) is 3. The van der Waals surface area contributed by atoms with Gasteiger partial charge in [-0.2, -0.15) is 0 Å². The molecule has 2 heterocycles. The van der Waals surface area contributed by atoms with E-state index in [2.05, 4.69) is 34.0 Å². The fourth-order valence-electron chi connectivity index (χ4n) is 3.53. The Morgan fingerprint density at radius 3 is 2.70 bits per heavy atom. The highest BCUT2D eigenvalue weighted by atomic mass is 16.5. The van der Waals surface area contributed by atoms with E-state index in [-0.39, 0.29) is 0 Å². The summed E-state index contributed by atoms with van der Waals surface area (Å²) in [5.74, 6) is 2.68. The molecule has 2 saturated heterocycles. The zero-order valence-electron chi connectivity index (χ0n) is 15.4. The summed E-state index contributed by atoms with van der Waals surface area (Å²) in [6.07, 6.45) is 5.15. The molecule has 0 aromatic rings. The Bertz CT molecular complexity index is 353. The minimum atomic E-state index is 0.771. The average Bonchev–Trinajstić information content (AvgIpc) is 3.00. The van der Waals surface area contributed by atoms with Gasteiger partial charge in [0.05, 0.1) is 13.2 Å². The first-order valence-electron chi connectivity index (χ1n) is 9.44. The zero-order valence-corrected chi connectivity index (χ0v) is 15.4. The molecule has 0 aromatic carbocycles. The van der Waals surface area contributed by atoms with Crippen LogP contribution in [0.2, 0.25) is 0 Å². The minimum Gasteiger partial charge on any atom is -0.379 e. The lowest BCUT2D eigenvalue weighted by Gasteiger charge is -2.29. The topological polar surface area (TPSA) is 40.1 Å². The lowest BCUT2D eigenvalue weighted by atomic mass is 10.1. The van der Waals surface area contributed by atoms with E-state index in [1.54, 1.807) is 0 Å². The number of nitrogens with one attached hydrogen (secondary N) is 1. The van der Waals surface area contributed by atoms with Crippen LogP contribution < -0.4 is 5.32 Å². The second-order valence-corrected chi connectivity index (χ2v) is 7.38. The zero-order chi connectivity index (χ0) is 16.5. The molecule has 23 heavy (non-hydrogen) atoms. The molecular weight excluding hydrogens is 288 g/mol. The summed E-state index contributed by atoms with van der Waals surface area (Å²) in [6, 6.07) is 0. The Kier molecular flexibility index (Phi) is 8.17. The van der Waals surface area contributed by atoms with Gasteiger partial charge in [0.2, 0.25) is 0 Å². The van der Waals surface area contributed by atoms with E-state index in [9.17, 15) is 0 Å². The number of guanidine groups is 1. The van der Waals surface area contributed by atoms with Crippen LogP contribution in [0, 0.1) is 11.8 Å². The third kappa shape index (κ3) is 6.68. The van der Waals surface area contributed by atoms with Crippen molar-refractivity contribution in [2.45, 2.75) is 39.5 Å². The minimum absolute atomic E-state index is 0.771. The number of rotatable bonds is 7. The smallest absolute Gasteiger partial charge is 0.193 e. The van der Waals surface area contributed by atoms with Crippen LogP contribution in [0.15, 0.2) is 4.99 Å². The van der Waals surface area contributed by atoms with Crippen LogP contribution in [0.4, 0.5) is 0 Å². The second kappa shape index (κ2) is 10.1. The summed E-state index contributed by atoms with van der Waals surface area (Å²) in [5.41, 5.74) is 0. The van der Waals surface area contributed by atoms with E-state index in [0.29, 0.717) is 0 Å². The Labute approximate surface area is 142 Å². The SMILES string of the molecule is CN=C(NCCCCC(C)C)N1CCC(CN2CCOCC2)C1. The van der Waals surface area contributed by atoms with Crippen molar-refractivity contribution in [2.75, 3.05) is 59.5 Å². The molecule has 0 radical (unpaired) electrons. The third-order valence-electron chi connectivity index (χ3n) is 4.91. The van der Waals surface area contributed by atoms with E-state index in [1.165, 1.54) is 32.2 Å². The summed E-state index contributed by atoms with van der Waals surface area (Å²) in [7, 11) is 1.91. The van der Waals surface area contributed by atoms with Gasteiger partial charge in [-0.1, -0.05) is 26.7 Å². The quantitative estimate of drug-likeness (QED) is 0.442. The van der Waals surface area contributed by atoms with E-state index in [1.807, 2.05) is 7.05 Å². The van der Waals surface area contributed by atoms with Crippen molar-refractivity contribution >= 4 is 5.96 Å². The molecule has 2 fully saturated rings. The first kappa shape index (κ1) is 18.5. The number of morpholine rings is 1. The summed E-state index contributed by atoms with van der Waals surface area (Å²) < 4.78 is 5.44. The van der Waals surface area contributed by atoms with Crippen molar-refractivity contribution in [3.05, 3.63) is 0 Å². The number of nitrogens with zero attached hydrogens (tertiary/aromatic N) is 3. The predicted molar refractivity (Wildman–Crippen MR) is 97.0 cm³/mol. The highest BCUT2D eigenvalue weighted by Crippen LogP contribution is 2.18. The van der Waals surface area contributed by atoms with Gasteiger partial charge in [-0.25, -0.2) is 0 Å². The Balaban J connectivity index is 1.64. The molecule has 0 amide bonds. The summed E-state index contributed by atoms with van der Waals surface area (Å²) in [6.45, 7) is 13.1. The Morgan fingerprint density at radius 2 is 2.00 bits per heavy atom. The van der Waals surface area contributed by atoms with Crippen LogP contribution in [0.1, 0.15) is 39.5 Å². The Morgan fingerprint density at radius 1 is 1.22 bits per heavy atom. The maximum absolute atomic E-state index is 5.44. The number of aliphatic imine (C=N–C) groups is 1. The van der Waals surface area contributed by atoms with Crippen LogP contribution in [0.25, 0.3) is 0 Å². The molecule has 2 aliphatic heterocycles. The first-order valence-corrected chi connectivity index (χ1v) is 9.44. The first-order chi connectivity index (χ1) is 11.2. The van der Waals surface area contributed by atoms with Gasteiger partial charge in [-0.15, -0.1) is 0 Å². The fraction of sp³-hybridized carbons (Fsp3) is 0.944. The van der Waals surface area contributed by atoms with Crippen LogP contribution in [-0.4, -0.2) is 75.3 Å². The number of ether oxygens (including phenoxy) is 1. The van der Waals surface area contributed by atoms with Gasteiger partial charge in [0, 0.05) is 46.3 Å². The molecular formula is C18H36N4O. The molecule has 5 nitrogen and oxygen atoms in total. The molecule has 0 spiro atoms. The molecule has 2 rings (SSSR count). The van der Waals surface area contributed by atoms with Crippen molar-refractivity contribution in [1.29, 1.82) is 0 Å². The van der Waals surface area contributed by atoms with Crippen molar-refractivity contribution < 1.29 is 4.74 Å². The van der Waals surface area contributed by atoms with Gasteiger partial charge in [0.25, 0.3) is 0 Å². The van der Waals surface area contributed by atoms with Gasteiger partial charge < -0.3 is 15.0 Å². The molecule has 5 heteroatoms. The molecule has 1 unspecified atom stereocenters. The fourth-order valence-corrected chi connectivity index (χ4v) is 3.53. The average molecular weight is 325 g/mol. The molecule has 0 aliphatic carbocycles. The predicted octanol–water partition coefficient (Wildman–Crippen LogP) is 2.04. The van der Waals surface area contributed by atoms with E-state index < -0.39 is 0 Å². The molecule has 0 saturated carbocycles. The number of hydrogen-bond donors (Lipinski definition) is 1. The molecule has 0 aromatic heterocycles. The van der Waals surface area contributed by atoms with Crippen molar-refractivity contribution in [3.63, 3.8) is 0 Å². The largest absolute Gasteiger partial charge is 0.379 e. The summed E-state index contributed by atoms with van der Waals surface area (Å²) >= 11 is 0. The lowest BCUT2D eigenvalue weighted by Crippen LogP contribution is -2.42. The monoisotopic (exact) mass is 324 g/mol. The highest BCUT2D eigenvalue weighted by molar-refractivity contribution is 5.80. The van der Waals surface area contributed by atoms with Crippen molar-refractivity contribution in [3.8, 4) is 0 Å². The van der Waals surface area contributed by atoms with Crippen LogP contribution >= 0.6 is 0 Å². The van der Waals surface area contributed by atoms with Crippen molar-refractivity contribution in [2.24, 2.45) is 16.8 Å².